The number of carboxylic acid groups (broad SMARTS) is 3. The zero-order valence-electron chi connectivity index (χ0n) is 38.7. The maximum absolute atomic E-state index is 13.8. The Kier molecular flexibility index (Phi) is 13.0. The Morgan fingerprint density at radius 2 is 1.34 bits per heavy atom. The van der Waals surface area contributed by atoms with Crippen LogP contribution in [0.25, 0.3) is 66.8 Å². The number of rotatable bonds is 13. The van der Waals surface area contributed by atoms with Crippen molar-refractivity contribution >= 4 is 80.6 Å². The summed E-state index contributed by atoms with van der Waals surface area (Å²) in [4.78, 5) is 78.4. The number of amides is 2. The molecule has 16 nitrogen and oxygen atoms in total. The summed E-state index contributed by atoms with van der Waals surface area (Å²) in [6.07, 6.45) is 0. The van der Waals surface area contributed by atoms with Crippen LogP contribution in [0.2, 0.25) is 10.0 Å². The van der Waals surface area contributed by atoms with Gasteiger partial charge in [0.15, 0.2) is 5.43 Å². The Morgan fingerprint density at radius 3 is 2.04 bits per heavy atom. The minimum Gasteiger partial charge on any atom is -0.508 e. The molecule has 366 valence electrons. The highest BCUT2D eigenvalue weighted by molar-refractivity contribution is 6.41. The van der Waals surface area contributed by atoms with E-state index in [1.807, 2.05) is 19.9 Å². The lowest BCUT2D eigenvalue weighted by Crippen LogP contribution is -2.27. The minimum atomic E-state index is -1.44. The molecule has 9 rings (SSSR count). The number of aromatic carboxylic acids is 3. The number of carbonyl (C=O) groups is 5. The van der Waals surface area contributed by atoms with Gasteiger partial charge in [0.05, 0.1) is 49.8 Å². The summed E-state index contributed by atoms with van der Waals surface area (Å²) in [5.74, 6) is -5.38. The number of halogens is 2. The highest BCUT2D eigenvalue weighted by Gasteiger charge is 2.31. The van der Waals surface area contributed by atoms with E-state index in [1.54, 1.807) is 37.3 Å². The van der Waals surface area contributed by atoms with Gasteiger partial charge in [-0.05, 0) is 116 Å². The zero-order chi connectivity index (χ0) is 52.2. The maximum Gasteiger partial charge on any atom is 0.337 e. The highest BCUT2D eigenvalue weighted by Crippen LogP contribution is 2.48. The molecule has 0 bridgehead atoms. The molecular weight excluding hydrogens is 980 g/mol. The molecule has 0 atom stereocenters. The summed E-state index contributed by atoms with van der Waals surface area (Å²) in [6, 6.07) is 24.6. The Hall–Kier alpha value is -8.99. The van der Waals surface area contributed by atoms with Crippen LogP contribution in [0.1, 0.15) is 81.0 Å². The molecule has 0 fully saturated rings. The molecule has 0 spiro atoms. The molecule has 2 aliphatic heterocycles. The number of fused-ring (bicyclic) bond motifs is 4. The number of phenols is 1. The van der Waals surface area contributed by atoms with Crippen molar-refractivity contribution in [2.75, 3.05) is 11.9 Å². The Morgan fingerprint density at radius 1 is 0.630 bits per heavy atom. The van der Waals surface area contributed by atoms with Crippen molar-refractivity contribution in [1.29, 1.82) is 5.41 Å². The van der Waals surface area contributed by atoms with Crippen LogP contribution >= 0.6 is 23.2 Å². The van der Waals surface area contributed by atoms with Gasteiger partial charge in [0, 0.05) is 81.1 Å². The lowest BCUT2D eigenvalue weighted by molar-refractivity contribution is 0.0682. The van der Waals surface area contributed by atoms with Gasteiger partial charge in [-0.1, -0.05) is 35.3 Å². The first-order valence-electron chi connectivity index (χ1n) is 22.4. The largest absolute Gasteiger partial charge is 0.508 e. The van der Waals surface area contributed by atoms with Crippen LogP contribution in [-0.2, 0) is 13.1 Å². The van der Waals surface area contributed by atoms with Gasteiger partial charge in [-0.15, -0.1) is 0 Å². The summed E-state index contributed by atoms with van der Waals surface area (Å²) >= 11 is 13.8. The Bertz CT molecular complexity index is 3900. The van der Waals surface area contributed by atoms with Gasteiger partial charge in [0.2, 0.25) is 0 Å². The van der Waals surface area contributed by atoms with Crippen molar-refractivity contribution in [3.05, 3.63) is 179 Å². The summed E-state index contributed by atoms with van der Waals surface area (Å²) < 4.78 is 12.4. The van der Waals surface area contributed by atoms with Crippen LogP contribution in [0.5, 0.6) is 5.75 Å². The van der Waals surface area contributed by atoms with E-state index in [-0.39, 0.29) is 95.7 Å². The maximum atomic E-state index is 13.8. The Labute approximate surface area is 423 Å². The molecule has 4 aliphatic rings. The van der Waals surface area contributed by atoms with Gasteiger partial charge in [-0.3, -0.25) is 14.4 Å². The van der Waals surface area contributed by atoms with Crippen molar-refractivity contribution in [2.24, 2.45) is 0 Å². The molecule has 2 heterocycles. The molecule has 0 saturated carbocycles. The number of hydrogen-bond acceptors (Lipinski definition) is 11. The third-order valence-corrected chi connectivity index (χ3v) is 13.2. The van der Waals surface area contributed by atoms with E-state index < -0.39 is 40.7 Å². The molecule has 5 aromatic rings. The molecule has 5 aromatic carbocycles. The lowest BCUT2D eigenvalue weighted by atomic mass is 9.88. The van der Waals surface area contributed by atoms with Gasteiger partial charge in [-0.2, -0.15) is 0 Å². The standard InChI is InChI=1S/C55H40Cl2N4O12/c1-4-59-40-21-44-35(16-25(40)3)46(34-15-24(2)39(58)20-43(34)72-44)47-38(56)19-36(49(57)48(47)55(70)71)52(65)60-22-26-5-7-27(8-6-26)51(64)61-23-37-41(63)14-13-32-45(31-12-10-29(62)18-42(31)73-50(32)37)33-17-28(53(66)67)9-11-30(33)54(68)69/h5-21,58-59,62H,4,22-23H2,1-3H3,(H,60,65)(H,61,64)(H,66,67)(H,68,69)(H,70,71). The molecule has 0 unspecified atom stereocenters. The van der Waals surface area contributed by atoms with Gasteiger partial charge in [0.1, 0.15) is 28.4 Å². The van der Waals surface area contributed by atoms with Crippen molar-refractivity contribution in [2.45, 2.75) is 33.9 Å². The fourth-order valence-electron chi connectivity index (χ4n) is 8.92. The van der Waals surface area contributed by atoms with E-state index in [1.165, 1.54) is 54.6 Å². The van der Waals surface area contributed by atoms with Crippen molar-refractivity contribution in [1.82, 2.24) is 10.6 Å². The molecule has 2 aliphatic carbocycles. The van der Waals surface area contributed by atoms with Crippen LogP contribution in [-0.4, -0.2) is 56.7 Å². The first-order chi connectivity index (χ1) is 34.8. The summed E-state index contributed by atoms with van der Waals surface area (Å²) in [5.41, 5.74) is 3.16. The van der Waals surface area contributed by atoms with Crippen molar-refractivity contribution in [3.8, 4) is 50.7 Å². The van der Waals surface area contributed by atoms with Gasteiger partial charge in [-0.25, -0.2) is 14.4 Å². The number of carboxylic acids is 3. The van der Waals surface area contributed by atoms with E-state index in [4.69, 9.17) is 37.4 Å². The molecule has 8 N–H and O–H groups in total. The second kappa shape index (κ2) is 19.3. The average molecular weight is 1020 g/mol. The van der Waals surface area contributed by atoms with E-state index in [0.29, 0.717) is 50.9 Å². The van der Waals surface area contributed by atoms with Crippen molar-refractivity contribution in [3.63, 3.8) is 0 Å². The fourth-order valence-corrected chi connectivity index (χ4v) is 9.53. The van der Waals surface area contributed by atoms with Crippen LogP contribution in [0.4, 0.5) is 5.69 Å². The number of nitrogens with one attached hydrogen (secondary N) is 4. The normalized spacial score (nSPS) is 11.3. The topological polar surface area (TPSA) is 270 Å². The molecule has 0 aromatic heterocycles. The number of anilines is 1. The first kappa shape index (κ1) is 49.0. The van der Waals surface area contributed by atoms with Crippen molar-refractivity contribution < 1.29 is 53.2 Å². The van der Waals surface area contributed by atoms with Gasteiger partial charge < -0.3 is 50.6 Å². The highest BCUT2D eigenvalue weighted by atomic mass is 35.5. The van der Waals surface area contributed by atoms with E-state index in [9.17, 15) is 49.2 Å². The number of aryl methyl sites for hydroxylation is 2. The predicted octanol–water partition coefficient (Wildman–Crippen LogP) is 10.6. The van der Waals surface area contributed by atoms with Crippen LogP contribution in [0.15, 0.2) is 117 Å². The van der Waals surface area contributed by atoms with Crippen LogP contribution < -0.4 is 26.7 Å². The van der Waals surface area contributed by atoms with Crippen LogP contribution in [0.3, 0.4) is 0 Å². The number of hydrogen-bond donors (Lipinski definition) is 8. The van der Waals surface area contributed by atoms with Gasteiger partial charge >= 0.3 is 17.9 Å². The van der Waals surface area contributed by atoms with E-state index in [0.717, 1.165) is 23.4 Å². The van der Waals surface area contributed by atoms with Gasteiger partial charge in [0.25, 0.3) is 11.8 Å². The summed E-state index contributed by atoms with van der Waals surface area (Å²) in [5, 5.41) is 58.8. The number of carbonyl (C=O) groups excluding carboxylic acids is 2. The predicted molar refractivity (Wildman–Crippen MR) is 274 cm³/mol. The van der Waals surface area contributed by atoms with E-state index >= 15 is 0 Å². The molecule has 0 radical (unpaired) electrons. The SMILES string of the molecule is CCNc1cc2oc3cc(=N)c(C)cc-3c(-c3c(Cl)cc(C(=O)NCc4ccc(C(=O)NCc5c6oc7cc(O)ccc7c(-c7cc(C(=O)O)ccc7C(=O)O)c-6ccc5=O)cc4)c(Cl)c3C(=O)O)c2cc1C. The summed E-state index contributed by atoms with van der Waals surface area (Å²) in [7, 11) is 0. The number of aromatic hydroxyl groups is 1. The quantitative estimate of drug-likeness (QED) is 0.0500. The second-order valence-corrected chi connectivity index (χ2v) is 17.9. The molecule has 2 amide bonds. The first-order valence-corrected chi connectivity index (χ1v) is 23.1. The smallest absolute Gasteiger partial charge is 0.337 e. The molecule has 73 heavy (non-hydrogen) atoms. The molecular formula is C55H40Cl2N4O12. The fraction of sp³-hybridized carbons (Fsp3) is 0.109. The second-order valence-electron chi connectivity index (χ2n) is 17.1. The average Bonchev–Trinajstić information content (AvgIpc) is 3.35. The molecule has 18 heteroatoms. The third kappa shape index (κ3) is 9.05. The third-order valence-electron chi connectivity index (χ3n) is 12.5. The molecule has 0 saturated heterocycles. The Balaban J connectivity index is 0.972. The lowest BCUT2D eigenvalue weighted by Gasteiger charge is -2.21. The van der Waals surface area contributed by atoms with Crippen LogP contribution in [0, 0.1) is 19.3 Å². The monoisotopic (exact) mass is 1020 g/mol. The summed E-state index contributed by atoms with van der Waals surface area (Å²) in [6.45, 7) is 5.77. The number of benzene rings is 7. The minimum absolute atomic E-state index is 0.0141. The number of phenolic OH excluding ortho intramolecular Hbond substituents is 1. The zero-order valence-corrected chi connectivity index (χ0v) is 40.3. The van der Waals surface area contributed by atoms with E-state index in [2.05, 4.69) is 16.0 Å².